The van der Waals surface area contributed by atoms with Crippen molar-refractivity contribution in [3.8, 4) is 0 Å². The zero-order valence-electron chi connectivity index (χ0n) is 18.8. The summed E-state index contributed by atoms with van der Waals surface area (Å²) in [4.78, 5) is 26.0. The number of carboxylic acid groups (broad SMARTS) is 1. The van der Waals surface area contributed by atoms with Crippen LogP contribution in [-0.2, 0) is 24.4 Å². The average Bonchev–Trinajstić information content (AvgIpc) is 3.11. The number of amides is 1. The summed E-state index contributed by atoms with van der Waals surface area (Å²) in [6, 6.07) is 5.39. The highest BCUT2D eigenvalue weighted by Gasteiger charge is 2.60. The maximum atomic E-state index is 13.3. The molecule has 2 aromatic carbocycles. The number of carbonyl (C=O) groups is 2. The molecule has 0 radical (unpaired) electrons. The van der Waals surface area contributed by atoms with Crippen molar-refractivity contribution in [1.29, 1.82) is 0 Å². The maximum Gasteiger partial charge on any atom is 0.416 e. The van der Waals surface area contributed by atoms with Crippen LogP contribution in [0, 0.1) is 24.7 Å². The van der Waals surface area contributed by atoms with E-state index in [0.717, 1.165) is 17.7 Å². The summed E-state index contributed by atoms with van der Waals surface area (Å²) in [5.74, 6) is -1.55. The Balaban J connectivity index is 1.47. The molecule has 1 unspecified atom stereocenters. The minimum Gasteiger partial charge on any atom is -0.481 e. The fourth-order valence-corrected chi connectivity index (χ4v) is 6.06. The molecule has 35 heavy (non-hydrogen) atoms. The summed E-state index contributed by atoms with van der Waals surface area (Å²) in [5, 5.41) is 10.4. The normalized spacial score (nSPS) is 21.5. The molecule has 2 heterocycles. The molecular weight excluding hydrogens is 504 g/mol. The second-order valence-electron chi connectivity index (χ2n) is 9.42. The van der Waals surface area contributed by atoms with Crippen LogP contribution in [0.2, 0.25) is 10.0 Å². The van der Waals surface area contributed by atoms with Gasteiger partial charge in [-0.05, 0) is 59.7 Å². The van der Waals surface area contributed by atoms with Crippen LogP contribution in [0.15, 0.2) is 30.5 Å². The molecule has 1 saturated carbocycles. The van der Waals surface area contributed by atoms with Crippen molar-refractivity contribution in [3.05, 3.63) is 68.3 Å². The Kier molecular flexibility index (Phi) is 5.60. The van der Waals surface area contributed by atoms with Gasteiger partial charge < -0.3 is 14.6 Å². The lowest BCUT2D eigenvalue weighted by Gasteiger charge is -2.21. The van der Waals surface area contributed by atoms with E-state index in [9.17, 15) is 27.9 Å². The molecule has 5 rings (SSSR count). The lowest BCUT2D eigenvalue weighted by molar-refractivity contribution is -0.139. The summed E-state index contributed by atoms with van der Waals surface area (Å²) in [7, 11) is 1.68. The molecule has 3 atom stereocenters. The lowest BCUT2D eigenvalue weighted by atomic mass is 9.98. The van der Waals surface area contributed by atoms with Crippen molar-refractivity contribution in [2.24, 2.45) is 24.8 Å². The maximum absolute atomic E-state index is 13.3. The van der Waals surface area contributed by atoms with Crippen molar-refractivity contribution in [1.82, 2.24) is 9.47 Å². The monoisotopic (exact) mass is 524 g/mol. The van der Waals surface area contributed by atoms with Crippen molar-refractivity contribution >= 4 is 46.0 Å². The third kappa shape index (κ3) is 3.96. The van der Waals surface area contributed by atoms with E-state index in [1.807, 2.05) is 0 Å². The van der Waals surface area contributed by atoms with E-state index < -0.39 is 17.7 Å². The largest absolute Gasteiger partial charge is 0.481 e. The molecule has 1 aliphatic carbocycles. The summed E-state index contributed by atoms with van der Waals surface area (Å²) in [6.45, 7) is 2.38. The highest BCUT2D eigenvalue weighted by Crippen LogP contribution is 2.52. The zero-order chi connectivity index (χ0) is 25.4. The summed E-state index contributed by atoms with van der Waals surface area (Å²) >= 11 is 13.1. The first kappa shape index (κ1) is 24.0. The number of benzene rings is 2. The van der Waals surface area contributed by atoms with Crippen LogP contribution in [-0.4, -0.2) is 39.5 Å². The second-order valence-corrected chi connectivity index (χ2v) is 10.2. The second kappa shape index (κ2) is 8.17. The minimum absolute atomic E-state index is 0.0257. The number of hydrogen-bond acceptors (Lipinski definition) is 2. The first-order valence-corrected chi connectivity index (χ1v) is 11.8. The Morgan fingerprint density at radius 1 is 1.14 bits per heavy atom. The molecule has 10 heteroatoms. The van der Waals surface area contributed by atoms with E-state index >= 15 is 0 Å². The number of halogens is 5. The van der Waals surface area contributed by atoms with Gasteiger partial charge in [-0.2, -0.15) is 13.2 Å². The van der Waals surface area contributed by atoms with Crippen molar-refractivity contribution in [3.63, 3.8) is 0 Å². The summed E-state index contributed by atoms with van der Waals surface area (Å²) in [6.07, 6.45) is -2.47. The van der Waals surface area contributed by atoms with Gasteiger partial charge >= 0.3 is 12.1 Å². The molecular formula is C25H21Cl2F3N2O3. The van der Waals surface area contributed by atoms with Gasteiger partial charge in [0.1, 0.15) is 0 Å². The van der Waals surface area contributed by atoms with Crippen LogP contribution in [0.5, 0.6) is 0 Å². The van der Waals surface area contributed by atoms with Gasteiger partial charge in [0.15, 0.2) is 0 Å². The number of piperidine rings is 1. The minimum atomic E-state index is -4.45. The SMILES string of the molecule is Cc1cc(C(F)(F)F)cc2c1c(Cc1c(Cl)ccc(C(=O)N3C[C@@H]4C(C(=O)O)[C@@H]4C3)c1Cl)cn2C. The Morgan fingerprint density at radius 2 is 1.80 bits per heavy atom. The van der Waals surface area contributed by atoms with Gasteiger partial charge in [0, 0.05) is 48.7 Å². The highest BCUT2D eigenvalue weighted by molar-refractivity contribution is 6.38. The number of hydrogen-bond donors (Lipinski definition) is 1. The van der Waals surface area contributed by atoms with Gasteiger partial charge in [-0.1, -0.05) is 23.2 Å². The van der Waals surface area contributed by atoms with Crippen molar-refractivity contribution in [2.75, 3.05) is 13.1 Å². The predicted molar refractivity (Wildman–Crippen MR) is 126 cm³/mol. The number of likely N-dealkylation sites (tertiary alicyclic amines) is 1. The molecule has 0 bridgehead atoms. The average molecular weight is 525 g/mol. The van der Waals surface area contributed by atoms with E-state index in [0.29, 0.717) is 40.1 Å². The van der Waals surface area contributed by atoms with Gasteiger partial charge in [-0.3, -0.25) is 9.59 Å². The third-order valence-electron chi connectivity index (χ3n) is 7.24. The molecule has 1 N–H and O–H groups in total. The topological polar surface area (TPSA) is 62.5 Å². The number of alkyl halides is 3. The van der Waals surface area contributed by atoms with Gasteiger partial charge in [0.25, 0.3) is 5.91 Å². The lowest BCUT2D eigenvalue weighted by Crippen LogP contribution is -2.32. The quantitative estimate of drug-likeness (QED) is 0.468. The van der Waals surface area contributed by atoms with Crippen LogP contribution in [0.25, 0.3) is 10.9 Å². The first-order chi connectivity index (χ1) is 16.4. The van der Waals surface area contributed by atoms with Gasteiger partial charge in [-0.25, -0.2) is 0 Å². The smallest absolute Gasteiger partial charge is 0.416 e. The zero-order valence-corrected chi connectivity index (χ0v) is 20.3. The van der Waals surface area contributed by atoms with Gasteiger partial charge in [-0.15, -0.1) is 0 Å². The van der Waals surface area contributed by atoms with E-state index in [-0.39, 0.29) is 40.7 Å². The highest BCUT2D eigenvalue weighted by atomic mass is 35.5. The summed E-state index contributed by atoms with van der Waals surface area (Å²) < 4.78 is 41.6. The molecule has 1 amide bonds. The van der Waals surface area contributed by atoms with E-state index in [2.05, 4.69) is 0 Å². The number of carboxylic acids is 1. The molecule has 5 nitrogen and oxygen atoms in total. The van der Waals surface area contributed by atoms with E-state index in [1.54, 1.807) is 41.8 Å². The van der Waals surface area contributed by atoms with Crippen LogP contribution >= 0.6 is 23.2 Å². The van der Waals surface area contributed by atoms with Crippen molar-refractivity contribution in [2.45, 2.75) is 19.5 Å². The number of aryl methyl sites for hydroxylation is 2. The molecule has 2 aliphatic rings. The van der Waals surface area contributed by atoms with E-state index in [1.165, 1.54) is 0 Å². The van der Waals surface area contributed by atoms with Gasteiger partial charge in [0.05, 0.1) is 22.1 Å². The van der Waals surface area contributed by atoms with Crippen LogP contribution in [0.1, 0.15) is 32.6 Å². The van der Waals surface area contributed by atoms with Crippen molar-refractivity contribution < 1.29 is 27.9 Å². The number of nitrogens with zero attached hydrogens (tertiary/aromatic N) is 2. The number of carbonyl (C=O) groups excluding carboxylic acids is 1. The fourth-order valence-electron chi connectivity index (χ4n) is 5.47. The summed E-state index contributed by atoms with van der Waals surface area (Å²) in [5.41, 5.74) is 1.74. The van der Waals surface area contributed by atoms with Crippen LogP contribution < -0.4 is 0 Å². The number of aromatic nitrogens is 1. The van der Waals surface area contributed by atoms with Crippen LogP contribution in [0.3, 0.4) is 0 Å². The predicted octanol–water partition coefficient (Wildman–Crippen LogP) is 5.81. The third-order valence-corrected chi connectivity index (χ3v) is 8.03. The molecule has 0 spiro atoms. The Morgan fingerprint density at radius 3 is 2.40 bits per heavy atom. The molecule has 1 aromatic heterocycles. The molecule has 1 saturated heterocycles. The molecule has 2 fully saturated rings. The standard InChI is InChI=1S/C25H21Cl2F3N2O3/c1-11-5-13(25(28,29)30)7-19-20(11)12(8-31(19)2)6-15-18(26)4-3-14(22(15)27)23(33)32-9-16-17(10-32)21(16)24(34)35/h3-5,7-8,16-17,21H,6,9-10H2,1-2H3,(H,34,35)/t16-,17+,21?. The number of fused-ring (bicyclic) bond motifs is 2. The van der Waals surface area contributed by atoms with Gasteiger partial charge in [0.2, 0.25) is 0 Å². The Labute approximate surface area is 209 Å². The fraction of sp³-hybridized carbons (Fsp3) is 0.360. The number of rotatable bonds is 4. The molecule has 3 aromatic rings. The number of aliphatic carboxylic acids is 1. The molecule has 184 valence electrons. The van der Waals surface area contributed by atoms with E-state index in [4.69, 9.17) is 23.2 Å². The Bertz CT molecular complexity index is 1390. The molecule has 1 aliphatic heterocycles. The van der Waals surface area contributed by atoms with Crippen LogP contribution in [0.4, 0.5) is 13.2 Å². The Hall–Kier alpha value is -2.71. The first-order valence-electron chi connectivity index (χ1n) is 11.0.